The summed E-state index contributed by atoms with van der Waals surface area (Å²) in [4.78, 5) is 2.48. The first-order valence-corrected chi connectivity index (χ1v) is 18.4. The van der Waals surface area contributed by atoms with Gasteiger partial charge in [-0.2, -0.15) is 0 Å². The fourth-order valence-corrected chi connectivity index (χ4v) is 5.65. The Labute approximate surface area is 260 Å². The van der Waals surface area contributed by atoms with E-state index in [0.717, 1.165) is 24.8 Å². The maximum atomic E-state index is 2.49. The molecule has 41 heavy (non-hydrogen) atoms. The van der Waals surface area contributed by atoms with E-state index in [4.69, 9.17) is 0 Å². The van der Waals surface area contributed by atoms with Crippen LogP contribution in [0.1, 0.15) is 181 Å². The topological polar surface area (TPSA) is 3.24 Å². The van der Waals surface area contributed by atoms with Crippen molar-refractivity contribution in [2.24, 2.45) is 5.92 Å². The van der Waals surface area contributed by atoms with Crippen molar-refractivity contribution in [2.75, 3.05) is 14.1 Å². The molecule has 0 spiro atoms. The lowest BCUT2D eigenvalue weighted by Gasteiger charge is -2.25. The summed E-state index contributed by atoms with van der Waals surface area (Å²) in [6.07, 6.45) is 52.4. The molecule has 0 aliphatic rings. The number of unbranched alkanes of at least 4 members (excludes halogenated alkanes) is 14. The van der Waals surface area contributed by atoms with Crippen molar-refractivity contribution in [1.29, 1.82) is 0 Å². The van der Waals surface area contributed by atoms with Gasteiger partial charge in [-0.25, -0.2) is 0 Å². The molecule has 0 saturated carbocycles. The smallest absolute Gasteiger partial charge is 0.00891 e. The number of allylic oxidation sites excluding steroid dienone is 8. The van der Waals surface area contributed by atoms with Crippen LogP contribution in [-0.2, 0) is 0 Å². The number of hydrogen-bond acceptors (Lipinski definition) is 1. The van der Waals surface area contributed by atoms with E-state index in [-0.39, 0.29) is 0 Å². The van der Waals surface area contributed by atoms with E-state index in [2.05, 4.69) is 88.4 Å². The highest BCUT2D eigenvalue weighted by atomic mass is 15.1. The van der Waals surface area contributed by atoms with Gasteiger partial charge in [0, 0.05) is 6.04 Å². The summed E-state index contributed by atoms with van der Waals surface area (Å²) in [5.74, 6) is 0.898. The maximum Gasteiger partial charge on any atom is 0.00891 e. The summed E-state index contributed by atoms with van der Waals surface area (Å²) in [7, 11) is 4.57. The summed E-state index contributed by atoms with van der Waals surface area (Å²) >= 11 is 0. The molecular formula is C40H75N. The molecule has 1 nitrogen and oxygen atoms in total. The van der Waals surface area contributed by atoms with Gasteiger partial charge in [-0.15, -0.1) is 0 Å². The van der Waals surface area contributed by atoms with Crippen molar-refractivity contribution in [3.63, 3.8) is 0 Å². The van der Waals surface area contributed by atoms with Gasteiger partial charge in [0.25, 0.3) is 0 Å². The van der Waals surface area contributed by atoms with Crippen LogP contribution in [0.5, 0.6) is 0 Å². The van der Waals surface area contributed by atoms with Gasteiger partial charge in [0.05, 0.1) is 0 Å². The molecule has 240 valence electrons. The molecule has 0 fully saturated rings. The minimum atomic E-state index is 0.763. The van der Waals surface area contributed by atoms with E-state index in [1.54, 1.807) is 0 Å². The summed E-state index contributed by atoms with van der Waals surface area (Å²) < 4.78 is 0. The van der Waals surface area contributed by atoms with E-state index >= 15 is 0 Å². The molecule has 0 heterocycles. The van der Waals surface area contributed by atoms with Gasteiger partial charge in [0.2, 0.25) is 0 Å². The summed E-state index contributed by atoms with van der Waals surface area (Å²) in [5.41, 5.74) is 0. The maximum absolute atomic E-state index is 2.49. The quantitative estimate of drug-likeness (QED) is 0.0592. The predicted octanol–water partition coefficient (Wildman–Crippen LogP) is 13.6. The number of rotatable bonds is 31. The van der Waals surface area contributed by atoms with Gasteiger partial charge in [0.15, 0.2) is 0 Å². The summed E-state index contributed by atoms with van der Waals surface area (Å²) in [6, 6.07) is 0.763. The number of nitrogens with zero attached hydrogens (tertiary/aromatic N) is 1. The standard InChI is InChI=1S/C40H75N/c1-6-8-10-12-14-16-18-20-21-22-23-24-26-28-30-32-35-39(3)36-34-38-40(41(4)5)37-33-31-29-27-25-19-17-15-13-11-9-7-2/h14-17,20-21,25,27,39-40H,6-13,18-19,22-24,26,28-38H2,1-5H3. The molecule has 0 amide bonds. The highest BCUT2D eigenvalue weighted by Crippen LogP contribution is 2.20. The normalized spacial score (nSPS) is 14.1. The van der Waals surface area contributed by atoms with Crippen LogP contribution < -0.4 is 0 Å². The second kappa shape index (κ2) is 33.4. The zero-order chi connectivity index (χ0) is 30.1. The number of hydrogen-bond donors (Lipinski definition) is 0. The molecule has 0 aliphatic carbocycles. The Morgan fingerprint density at radius 2 is 0.780 bits per heavy atom. The molecular weight excluding hydrogens is 494 g/mol. The lowest BCUT2D eigenvalue weighted by molar-refractivity contribution is 0.248. The van der Waals surface area contributed by atoms with E-state index < -0.39 is 0 Å². The Balaban J connectivity index is 3.64. The third kappa shape index (κ3) is 31.7. The third-order valence-corrected chi connectivity index (χ3v) is 8.60. The average Bonchev–Trinajstić information content (AvgIpc) is 2.96. The highest BCUT2D eigenvalue weighted by molar-refractivity contribution is 4.93. The zero-order valence-corrected chi connectivity index (χ0v) is 28.9. The summed E-state index contributed by atoms with van der Waals surface area (Å²) in [5, 5.41) is 0. The molecule has 0 saturated heterocycles. The molecule has 0 radical (unpaired) electrons. The molecule has 0 aliphatic heterocycles. The second-order valence-corrected chi connectivity index (χ2v) is 13.0. The summed E-state index contributed by atoms with van der Waals surface area (Å²) in [6.45, 7) is 7.03. The largest absolute Gasteiger partial charge is 0.306 e. The van der Waals surface area contributed by atoms with Crippen molar-refractivity contribution in [1.82, 2.24) is 4.90 Å². The molecule has 0 bridgehead atoms. The minimum absolute atomic E-state index is 0.763. The monoisotopic (exact) mass is 570 g/mol. The van der Waals surface area contributed by atoms with Crippen molar-refractivity contribution in [3.8, 4) is 0 Å². The fourth-order valence-electron chi connectivity index (χ4n) is 5.65. The predicted molar refractivity (Wildman–Crippen MR) is 190 cm³/mol. The fraction of sp³-hybridized carbons (Fsp3) is 0.800. The van der Waals surface area contributed by atoms with Gasteiger partial charge >= 0.3 is 0 Å². The molecule has 0 aromatic heterocycles. The Morgan fingerprint density at radius 1 is 0.415 bits per heavy atom. The van der Waals surface area contributed by atoms with Crippen molar-refractivity contribution < 1.29 is 0 Å². The van der Waals surface area contributed by atoms with Crippen LogP contribution in [0.3, 0.4) is 0 Å². The molecule has 1 heteroatoms. The van der Waals surface area contributed by atoms with Crippen molar-refractivity contribution in [2.45, 2.75) is 187 Å². The Kier molecular flexibility index (Phi) is 32.5. The van der Waals surface area contributed by atoms with Crippen LogP contribution >= 0.6 is 0 Å². The Hall–Kier alpha value is -1.08. The van der Waals surface area contributed by atoms with Crippen LogP contribution in [0.4, 0.5) is 0 Å². The van der Waals surface area contributed by atoms with E-state index in [0.29, 0.717) is 0 Å². The zero-order valence-electron chi connectivity index (χ0n) is 28.9. The van der Waals surface area contributed by atoms with Gasteiger partial charge < -0.3 is 4.90 Å². The molecule has 0 aromatic rings. The van der Waals surface area contributed by atoms with Crippen LogP contribution in [0.2, 0.25) is 0 Å². The van der Waals surface area contributed by atoms with Gasteiger partial charge in [-0.3, -0.25) is 0 Å². The van der Waals surface area contributed by atoms with E-state index in [9.17, 15) is 0 Å². The first-order valence-electron chi connectivity index (χ1n) is 18.4. The van der Waals surface area contributed by atoms with Crippen molar-refractivity contribution in [3.05, 3.63) is 48.6 Å². The molecule has 2 atom stereocenters. The van der Waals surface area contributed by atoms with E-state index in [1.807, 2.05) is 0 Å². The molecule has 0 aromatic carbocycles. The van der Waals surface area contributed by atoms with E-state index in [1.165, 1.54) is 148 Å². The minimum Gasteiger partial charge on any atom is -0.306 e. The van der Waals surface area contributed by atoms with Gasteiger partial charge in [-0.05, 0) is 97.1 Å². The van der Waals surface area contributed by atoms with Crippen LogP contribution in [-0.4, -0.2) is 25.0 Å². The highest BCUT2D eigenvalue weighted by Gasteiger charge is 2.12. The van der Waals surface area contributed by atoms with Gasteiger partial charge in [-0.1, -0.05) is 153 Å². The second-order valence-electron chi connectivity index (χ2n) is 13.0. The van der Waals surface area contributed by atoms with Crippen LogP contribution in [0.15, 0.2) is 48.6 Å². The SMILES string of the molecule is CCCCCC=CCC=CCCCCCCCCC(C)CCCC(CCCCC=CCC=CCCCCC)N(C)C. The Bertz CT molecular complexity index is 610. The van der Waals surface area contributed by atoms with Gasteiger partial charge in [0.1, 0.15) is 0 Å². The Morgan fingerprint density at radius 3 is 1.27 bits per heavy atom. The van der Waals surface area contributed by atoms with Crippen molar-refractivity contribution >= 4 is 0 Å². The van der Waals surface area contributed by atoms with Crippen LogP contribution in [0.25, 0.3) is 0 Å². The first kappa shape index (κ1) is 39.9. The molecule has 0 N–H and O–H groups in total. The average molecular weight is 570 g/mol. The molecule has 2 unspecified atom stereocenters. The lowest BCUT2D eigenvalue weighted by Crippen LogP contribution is -2.27. The van der Waals surface area contributed by atoms with Crippen LogP contribution in [0, 0.1) is 5.92 Å². The molecule has 0 rings (SSSR count). The first-order chi connectivity index (χ1) is 20.1. The third-order valence-electron chi connectivity index (χ3n) is 8.60. The lowest BCUT2D eigenvalue weighted by atomic mass is 9.94.